The van der Waals surface area contributed by atoms with Crippen molar-refractivity contribution in [2.24, 2.45) is 0 Å². The second-order valence-corrected chi connectivity index (χ2v) is 6.29. The standard InChI is InChI=1S/C13H21N3S/c1-16-6-2-3-11(8-16)12-9-17-13(15-12)10-4-5-14-7-10/h9-11,14H,2-8H2,1H3. The Morgan fingerprint density at radius 3 is 3.12 bits per heavy atom. The summed E-state index contributed by atoms with van der Waals surface area (Å²) >= 11 is 1.87. The molecule has 1 aromatic rings. The second-order valence-electron chi connectivity index (χ2n) is 5.40. The highest BCUT2D eigenvalue weighted by molar-refractivity contribution is 7.09. The van der Waals surface area contributed by atoms with Crippen molar-refractivity contribution < 1.29 is 0 Å². The molecule has 2 aliphatic heterocycles. The summed E-state index contributed by atoms with van der Waals surface area (Å²) in [6, 6.07) is 0. The summed E-state index contributed by atoms with van der Waals surface area (Å²) in [6.07, 6.45) is 3.90. The van der Waals surface area contributed by atoms with Crippen molar-refractivity contribution in [3.05, 3.63) is 16.1 Å². The number of aromatic nitrogens is 1. The van der Waals surface area contributed by atoms with E-state index < -0.39 is 0 Å². The highest BCUT2D eigenvalue weighted by atomic mass is 32.1. The molecule has 2 atom stereocenters. The third-order valence-corrected chi connectivity index (χ3v) is 5.02. The number of likely N-dealkylation sites (tertiary alicyclic amines) is 1. The van der Waals surface area contributed by atoms with Crippen LogP contribution in [0.15, 0.2) is 5.38 Å². The Bertz CT molecular complexity index is 370. The van der Waals surface area contributed by atoms with Gasteiger partial charge in [0.2, 0.25) is 0 Å². The molecule has 3 heterocycles. The summed E-state index contributed by atoms with van der Waals surface area (Å²) in [5.41, 5.74) is 1.35. The molecule has 0 aromatic carbocycles. The Kier molecular flexibility index (Phi) is 3.45. The molecule has 0 bridgehead atoms. The quantitative estimate of drug-likeness (QED) is 0.872. The van der Waals surface area contributed by atoms with Gasteiger partial charge in [-0.25, -0.2) is 4.98 Å². The van der Waals surface area contributed by atoms with Gasteiger partial charge in [-0.3, -0.25) is 0 Å². The lowest BCUT2D eigenvalue weighted by molar-refractivity contribution is 0.248. The molecular weight excluding hydrogens is 230 g/mol. The monoisotopic (exact) mass is 251 g/mol. The number of nitrogens with one attached hydrogen (secondary N) is 1. The molecule has 94 valence electrons. The normalized spacial score (nSPS) is 30.9. The lowest BCUT2D eigenvalue weighted by Gasteiger charge is -2.28. The average Bonchev–Trinajstić information content (AvgIpc) is 3.00. The number of hydrogen-bond donors (Lipinski definition) is 1. The predicted octanol–water partition coefficient (Wildman–Crippen LogP) is 2.03. The molecule has 0 spiro atoms. The predicted molar refractivity (Wildman–Crippen MR) is 71.8 cm³/mol. The molecule has 0 amide bonds. The van der Waals surface area contributed by atoms with E-state index in [9.17, 15) is 0 Å². The number of hydrogen-bond acceptors (Lipinski definition) is 4. The van der Waals surface area contributed by atoms with Crippen molar-refractivity contribution >= 4 is 11.3 Å². The van der Waals surface area contributed by atoms with Gasteiger partial charge in [0.15, 0.2) is 0 Å². The van der Waals surface area contributed by atoms with Crippen LogP contribution < -0.4 is 5.32 Å². The molecular formula is C13H21N3S. The van der Waals surface area contributed by atoms with Gasteiger partial charge >= 0.3 is 0 Å². The van der Waals surface area contributed by atoms with E-state index in [1.807, 2.05) is 11.3 Å². The number of rotatable bonds is 2. The van der Waals surface area contributed by atoms with Gasteiger partial charge in [0.05, 0.1) is 10.7 Å². The van der Waals surface area contributed by atoms with Crippen LogP contribution in [0.3, 0.4) is 0 Å². The minimum Gasteiger partial charge on any atom is -0.316 e. The molecule has 1 N–H and O–H groups in total. The molecule has 3 rings (SSSR count). The number of piperidine rings is 1. The maximum Gasteiger partial charge on any atom is 0.0972 e. The number of thiazole rings is 1. The first kappa shape index (κ1) is 11.6. The van der Waals surface area contributed by atoms with E-state index in [0.717, 1.165) is 13.1 Å². The molecule has 4 heteroatoms. The molecule has 3 nitrogen and oxygen atoms in total. The van der Waals surface area contributed by atoms with Gasteiger partial charge < -0.3 is 10.2 Å². The first-order valence-corrected chi connectivity index (χ1v) is 7.55. The molecule has 2 aliphatic rings. The van der Waals surface area contributed by atoms with Crippen molar-refractivity contribution in [1.82, 2.24) is 15.2 Å². The fourth-order valence-electron chi connectivity index (χ4n) is 2.95. The smallest absolute Gasteiger partial charge is 0.0972 e. The van der Waals surface area contributed by atoms with Crippen LogP contribution in [-0.2, 0) is 0 Å². The Morgan fingerprint density at radius 2 is 2.35 bits per heavy atom. The van der Waals surface area contributed by atoms with E-state index >= 15 is 0 Å². The minimum atomic E-state index is 0.674. The van der Waals surface area contributed by atoms with Crippen molar-refractivity contribution in [3.8, 4) is 0 Å². The number of nitrogens with zero attached hydrogens (tertiary/aromatic N) is 2. The minimum absolute atomic E-state index is 0.674. The van der Waals surface area contributed by atoms with Gasteiger partial charge in [-0.05, 0) is 39.4 Å². The maximum absolute atomic E-state index is 4.90. The summed E-state index contributed by atoms with van der Waals surface area (Å²) in [4.78, 5) is 7.34. The van der Waals surface area contributed by atoms with Gasteiger partial charge in [0, 0.05) is 30.3 Å². The SMILES string of the molecule is CN1CCCC(c2csc(C3CCNC3)n2)C1. The Labute approximate surface area is 107 Å². The third kappa shape index (κ3) is 2.54. The second kappa shape index (κ2) is 5.04. The largest absolute Gasteiger partial charge is 0.316 e. The Morgan fingerprint density at radius 1 is 1.41 bits per heavy atom. The van der Waals surface area contributed by atoms with Gasteiger partial charge in [0.1, 0.15) is 0 Å². The van der Waals surface area contributed by atoms with Crippen LogP contribution in [0.5, 0.6) is 0 Å². The van der Waals surface area contributed by atoms with Gasteiger partial charge in [-0.15, -0.1) is 11.3 Å². The molecule has 2 unspecified atom stereocenters. The fraction of sp³-hybridized carbons (Fsp3) is 0.769. The molecule has 0 radical (unpaired) electrons. The van der Waals surface area contributed by atoms with Crippen LogP contribution in [0, 0.1) is 0 Å². The Hall–Kier alpha value is -0.450. The van der Waals surface area contributed by atoms with Crippen LogP contribution in [-0.4, -0.2) is 43.1 Å². The summed E-state index contributed by atoms with van der Waals surface area (Å²) in [7, 11) is 2.22. The van der Waals surface area contributed by atoms with E-state index in [1.54, 1.807) is 0 Å². The highest BCUT2D eigenvalue weighted by Gasteiger charge is 2.24. The molecule has 1 aromatic heterocycles. The molecule has 17 heavy (non-hydrogen) atoms. The number of likely N-dealkylation sites (N-methyl/N-ethyl adjacent to an activating group) is 1. The van der Waals surface area contributed by atoms with Crippen LogP contribution in [0.2, 0.25) is 0 Å². The van der Waals surface area contributed by atoms with E-state index in [0.29, 0.717) is 11.8 Å². The van der Waals surface area contributed by atoms with Gasteiger partial charge in [0.25, 0.3) is 0 Å². The zero-order chi connectivity index (χ0) is 11.7. The van der Waals surface area contributed by atoms with Crippen molar-refractivity contribution in [2.75, 3.05) is 33.2 Å². The van der Waals surface area contributed by atoms with Crippen molar-refractivity contribution in [1.29, 1.82) is 0 Å². The summed E-state index contributed by atoms with van der Waals surface area (Å²) in [5, 5.41) is 7.09. The highest BCUT2D eigenvalue weighted by Crippen LogP contribution is 2.31. The summed E-state index contributed by atoms with van der Waals surface area (Å²) in [5.74, 6) is 1.35. The van der Waals surface area contributed by atoms with Crippen LogP contribution in [0.4, 0.5) is 0 Å². The summed E-state index contributed by atoms with van der Waals surface area (Å²) in [6.45, 7) is 4.72. The third-order valence-electron chi connectivity index (χ3n) is 3.99. The van der Waals surface area contributed by atoms with Crippen LogP contribution in [0.1, 0.15) is 41.8 Å². The van der Waals surface area contributed by atoms with E-state index in [1.165, 1.54) is 43.1 Å². The summed E-state index contributed by atoms with van der Waals surface area (Å²) < 4.78 is 0. The topological polar surface area (TPSA) is 28.2 Å². The molecule has 2 fully saturated rings. The van der Waals surface area contributed by atoms with E-state index in [4.69, 9.17) is 4.98 Å². The molecule has 0 saturated carbocycles. The van der Waals surface area contributed by atoms with E-state index in [-0.39, 0.29) is 0 Å². The first-order chi connectivity index (χ1) is 8.33. The van der Waals surface area contributed by atoms with Gasteiger partial charge in [-0.1, -0.05) is 0 Å². The molecule has 2 saturated heterocycles. The lowest BCUT2D eigenvalue weighted by Crippen LogP contribution is -2.30. The van der Waals surface area contributed by atoms with E-state index in [2.05, 4.69) is 22.6 Å². The average molecular weight is 251 g/mol. The first-order valence-electron chi connectivity index (χ1n) is 6.67. The van der Waals surface area contributed by atoms with Gasteiger partial charge in [-0.2, -0.15) is 0 Å². The van der Waals surface area contributed by atoms with Crippen molar-refractivity contribution in [3.63, 3.8) is 0 Å². The zero-order valence-corrected chi connectivity index (χ0v) is 11.3. The lowest BCUT2D eigenvalue weighted by atomic mass is 9.96. The van der Waals surface area contributed by atoms with Crippen molar-refractivity contribution in [2.45, 2.75) is 31.1 Å². The Balaban J connectivity index is 1.70. The maximum atomic E-state index is 4.90. The van der Waals surface area contributed by atoms with Crippen LogP contribution in [0.25, 0.3) is 0 Å². The zero-order valence-electron chi connectivity index (χ0n) is 10.5. The molecule has 0 aliphatic carbocycles. The fourth-order valence-corrected chi connectivity index (χ4v) is 3.99. The van der Waals surface area contributed by atoms with Crippen LogP contribution >= 0.6 is 11.3 Å².